The predicted octanol–water partition coefficient (Wildman–Crippen LogP) is 6.29. The van der Waals surface area contributed by atoms with E-state index >= 15 is 0 Å². The maximum absolute atomic E-state index is 12.6. The summed E-state index contributed by atoms with van der Waals surface area (Å²) >= 11 is 7.13. The fourth-order valence-corrected chi connectivity index (χ4v) is 4.56. The zero-order chi connectivity index (χ0) is 21.1. The highest BCUT2D eigenvalue weighted by molar-refractivity contribution is 9.10. The van der Waals surface area contributed by atoms with Gasteiger partial charge in [-0.2, -0.15) is 0 Å². The fraction of sp³-hybridized carbons (Fsp3) is 0.208. The molecule has 1 N–H and O–H groups in total. The molecule has 0 fully saturated rings. The minimum Gasteiger partial charge on any atom is -0.465 e. The van der Waals surface area contributed by atoms with Crippen LogP contribution in [-0.4, -0.2) is 24.0 Å². The van der Waals surface area contributed by atoms with Crippen LogP contribution in [0.3, 0.4) is 0 Å². The molecule has 0 saturated carbocycles. The van der Waals surface area contributed by atoms with E-state index in [2.05, 4.69) is 78.5 Å². The first-order valence-corrected chi connectivity index (χ1v) is 11.4. The van der Waals surface area contributed by atoms with Crippen LogP contribution in [0.4, 0.5) is 5.69 Å². The number of nitrogens with zero attached hydrogens (tertiary/aromatic N) is 1. The van der Waals surface area contributed by atoms with Gasteiger partial charge in [0, 0.05) is 14.6 Å². The number of anilines is 1. The molecule has 2 atom stereocenters. The second-order valence-corrected chi connectivity index (χ2v) is 8.95. The number of hydrogen-bond donors (Lipinski definition) is 1. The van der Waals surface area contributed by atoms with Crippen LogP contribution in [0, 0.1) is 0 Å². The molecule has 0 amide bonds. The van der Waals surface area contributed by atoms with Gasteiger partial charge in [-0.05, 0) is 53.9 Å². The summed E-state index contributed by atoms with van der Waals surface area (Å²) in [5.41, 5.74) is 4.38. The van der Waals surface area contributed by atoms with Crippen LogP contribution in [0.25, 0.3) is 0 Å². The number of fused-ring (bicyclic) bond motifs is 1. The van der Waals surface area contributed by atoms with Crippen LogP contribution in [0.1, 0.15) is 35.8 Å². The highest BCUT2D eigenvalue weighted by Crippen LogP contribution is 2.44. The van der Waals surface area contributed by atoms with Crippen LogP contribution < -0.4 is 5.32 Å². The normalized spacial score (nSPS) is 18.4. The summed E-state index contributed by atoms with van der Waals surface area (Å²) in [4.78, 5) is 14.8. The first-order chi connectivity index (χ1) is 14.6. The van der Waals surface area contributed by atoms with Gasteiger partial charge in [0.15, 0.2) is 0 Å². The molecular weight excluding hydrogens is 508 g/mol. The number of benzene rings is 3. The molecule has 0 aliphatic carbocycles. The third-order valence-corrected chi connectivity index (χ3v) is 6.20. The zero-order valence-electron chi connectivity index (χ0n) is 16.5. The minimum atomic E-state index is -0.235. The summed E-state index contributed by atoms with van der Waals surface area (Å²) in [5.74, 6) is -0.235. The van der Waals surface area contributed by atoms with Gasteiger partial charge < -0.3 is 10.1 Å². The monoisotopic (exact) mass is 528 g/mol. The first kappa shape index (κ1) is 21.1. The predicted molar refractivity (Wildman–Crippen MR) is 126 cm³/mol. The molecule has 4 rings (SSSR count). The molecule has 4 nitrogen and oxygen atoms in total. The lowest BCUT2D eigenvalue weighted by Crippen LogP contribution is -2.44. The third kappa shape index (κ3) is 4.46. The molecule has 0 unspecified atom stereocenters. The lowest BCUT2D eigenvalue weighted by molar-refractivity contribution is -0.145. The maximum atomic E-state index is 12.6. The van der Waals surface area contributed by atoms with Gasteiger partial charge in [0.05, 0.1) is 19.2 Å². The lowest BCUT2D eigenvalue weighted by atomic mass is 9.91. The molecule has 154 valence electrons. The molecule has 1 aliphatic heterocycles. The van der Waals surface area contributed by atoms with E-state index in [4.69, 9.17) is 4.74 Å². The molecule has 1 aliphatic rings. The van der Waals surface area contributed by atoms with Gasteiger partial charge in [0.25, 0.3) is 0 Å². The second kappa shape index (κ2) is 9.33. The van der Waals surface area contributed by atoms with E-state index in [-0.39, 0.29) is 24.7 Å². The largest absolute Gasteiger partial charge is 0.465 e. The number of carbonyl (C=O) groups excluding carboxylic acids is 1. The number of esters is 1. The van der Waals surface area contributed by atoms with Crippen LogP contribution in [0.15, 0.2) is 81.7 Å². The van der Waals surface area contributed by atoms with Crippen molar-refractivity contribution >= 4 is 43.5 Å². The van der Waals surface area contributed by atoms with Gasteiger partial charge in [-0.3, -0.25) is 9.69 Å². The molecule has 6 heteroatoms. The van der Waals surface area contributed by atoms with Crippen molar-refractivity contribution < 1.29 is 9.53 Å². The molecular formula is C24H22Br2N2O2. The third-order valence-electron chi connectivity index (χ3n) is 5.18. The zero-order valence-corrected chi connectivity index (χ0v) is 19.7. The number of halogens is 2. The van der Waals surface area contributed by atoms with Crippen molar-refractivity contribution in [3.05, 3.63) is 98.4 Å². The fourth-order valence-electron chi connectivity index (χ4n) is 3.91. The Labute approximate surface area is 193 Å². The molecule has 0 bridgehead atoms. The van der Waals surface area contributed by atoms with Crippen molar-refractivity contribution in [1.29, 1.82) is 0 Å². The van der Waals surface area contributed by atoms with Gasteiger partial charge in [-0.25, -0.2) is 0 Å². The SMILES string of the molecule is CCOC(=O)CN1[C@@H](c2ccccc2)c2cc(Br)ccc2N[C@@H]1c1ccc(Br)cc1. The molecule has 0 spiro atoms. The van der Waals surface area contributed by atoms with Crippen LogP contribution in [0.2, 0.25) is 0 Å². The average Bonchev–Trinajstić information content (AvgIpc) is 2.75. The van der Waals surface area contributed by atoms with Gasteiger partial charge in [-0.1, -0.05) is 74.3 Å². The molecule has 3 aromatic carbocycles. The van der Waals surface area contributed by atoms with E-state index in [1.165, 1.54) is 0 Å². The van der Waals surface area contributed by atoms with E-state index in [1.807, 2.05) is 43.3 Å². The maximum Gasteiger partial charge on any atom is 0.320 e. The minimum absolute atomic E-state index is 0.0991. The number of hydrogen-bond acceptors (Lipinski definition) is 4. The van der Waals surface area contributed by atoms with E-state index < -0.39 is 0 Å². The van der Waals surface area contributed by atoms with Crippen molar-refractivity contribution in [2.24, 2.45) is 0 Å². The van der Waals surface area contributed by atoms with Gasteiger partial charge in [0.2, 0.25) is 0 Å². The Morgan fingerprint density at radius 3 is 2.37 bits per heavy atom. The van der Waals surface area contributed by atoms with Crippen molar-refractivity contribution in [1.82, 2.24) is 4.90 Å². The summed E-state index contributed by atoms with van der Waals surface area (Å²) < 4.78 is 7.34. The van der Waals surface area contributed by atoms with E-state index in [9.17, 15) is 4.79 Å². The highest BCUT2D eigenvalue weighted by Gasteiger charge is 2.37. The van der Waals surface area contributed by atoms with Crippen molar-refractivity contribution in [2.45, 2.75) is 19.1 Å². The molecule has 30 heavy (non-hydrogen) atoms. The van der Waals surface area contributed by atoms with Crippen molar-refractivity contribution in [3.8, 4) is 0 Å². The number of ether oxygens (including phenoxy) is 1. The average molecular weight is 530 g/mol. The quantitative estimate of drug-likeness (QED) is 0.394. The van der Waals surface area contributed by atoms with E-state index in [0.29, 0.717) is 6.61 Å². The Morgan fingerprint density at radius 2 is 1.67 bits per heavy atom. The summed E-state index contributed by atoms with van der Waals surface area (Å²) in [6.07, 6.45) is -0.179. The Kier molecular flexibility index (Phi) is 6.56. The Balaban J connectivity index is 1.86. The molecule has 0 aromatic heterocycles. The van der Waals surface area contributed by atoms with E-state index in [1.54, 1.807) is 0 Å². The van der Waals surface area contributed by atoms with Gasteiger partial charge in [0.1, 0.15) is 6.17 Å². The van der Waals surface area contributed by atoms with E-state index in [0.717, 1.165) is 31.3 Å². The Bertz CT molecular complexity index is 1030. The Morgan fingerprint density at radius 1 is 0.967 bits per heavy atom. The molecule has 0 radical (unpaired) electrons. The number of carbonyl (C=O) groups is 1. The van der Waals surface area contributed by atoms with Crippen LogP contribution in [-0.2, 0) is 9.53 Å². The highest BCUT2D eigenvalue weighted by atomic mass is 79.9. The Hall–Kier alpha value is -2.15. The topological polar surface area (TPSA) is 41.6 Å². The van der Waals surface area contributed by atoms with Crippen molar-refractivity contribution in [3.63, 3.8) is 0 Å². The number of nitrogens with one attached hydrogen (secondary N) is 1. The second-order valence-electron chi connectivity index (χ2n) is 7.12. The lowest BCUT2D eigenvalue weighted by Gasteiger charge is -2.44. The summed E-state index contributed by atoms with van der Waals surface area (Å²) in [7, 11) is 0. The smallest absolute Gasteiger partial charge is 0.320 e. The molecule has 1 heterocycles. The molecule has 3 aromatic rings. The standard InChI is InChI=1S/C24H22Br2N2O2/c1-2-30-22(29)15-28-23(16-6-4-3-5-7-16)20-14-19(26)12-13-21(20)27-24(28)17-8-10-18(25)11-9-17/h3-14,23-24,27H,2,15H2,1H3/t23-,24-/m0/s1. The van der Waals surface area contributed by atoms with Crippen LogP contribution in [0.5, 0.6) is 0 Å². The van der Waals surface area contributed by atoms with Crippen molar-refractivity contribution in [2.75, 3.05) is 18.5 Å². The summed E-state index contributed by atoms with van der Waals surface area (Å²) in [6, 6.07) is 24.6. The number of rotatable bonds is 5. The van der Waals surface area contributed by atoms with Gasteiger partial charge in [-0.15, -0.1) is 0 Å². The summed E-state index contributed by atoms with van der Waals surface area (Å²) in [6.45, 7) is 2.37. The van der Waals surface area contributed by atoms with Gasteiger partial charge >= 0.3 is 5.97 Å². The first-order valence-electron chi connectivity index (χ1n) is 9.84. The van der Waals surface area contributed by atoms with Crippen LogP contribution >= 0.6 is 31.9 Å². The summed E-state index contributed by atoms with van der Waals surface area (Å²) in [5, 5.41) is 3.64. The molecule has 0 saturated heterocycles.